The third kappa shape index (κ3) is 61.3. The molecule has 2 unspecified atom stereocenters. The summed E-state index contributed by atoms with van der Waals surface area (Å²) in [5.74, 6) is -0.0537. The second-order valence-corrected chi connectivity index (χ2v) is 23.5. The molecule has 0 aliphatic heterocycles. The van der Waals surface area contributed by atoms with E-state index in [1.54, 1.807) is 6.08 Å². The van der Waals surface area contributed by atoms with Gasteiger partial charge in [0.2, 0.25) is 5.91 Å². The Morgan fingerprint density at radius 3 is 0.947 bits per heavy atom. The number of hydrogen-bond donors (Lipinski definition) is 3. The maximum atomic E-state index is 12.4. The van der Waals surface area contributed by atoms with Crippen molar-refractivity contribution in [1.29, 1.82) is 0 Å². The third-order valence-corrected chi connectivity index (χ3v) is 15.9. The van der Waals surface area contributed by atoms with E-state index in [-0.39, 0.29) is 18.5 Å². The zero-order valence-electron chi connectivity index (χ0n) is 51.3. The molecule has 2 atom stereocenters. The fourth-order valence-corrected chi connectivity index (χ4v) is 10.6. The number of esters is 1. The van der Waals surface area contributed by atoms with Crippen LogP contribution < -0.4 is 5.32 Å². The fourth-order valence-electron chi connectivity index (χ4n) is 10.6. The number of allylic oxidation sites excluding steroid dienone is 5. The van der Waals surface area contributed by atoms with Crippen LogP contribution in [0.5, 0.6) is 0 Å². The zero-order valence-corrected chi connectivity index (χ0v) is 51.3. The van der Waals surface area contributed by atoms with E-state index in [2.05, 4.69) is 43.5 Å². The van der Waals surface area contributed by atoms with Gasteiger partial charge in [0, 0.05) is 12.8 Å². The lowest BCUT2D eigenvalue weighted by Crippen LogP contribution is -2.45. The molecule has 3 N–H and O–H groups in total. The Morgan fingerprint density at radius 1 is 0.355 bits per heavy atom. The molecule has 0 rings (SSSR count). The third-order valence-electron chi connectivity index (χ3n) is 15.9. The number of unbranched alkanes of at least 4 members (excludes halogenated alkanes) is 49. The standard InChI is InChI=1S/C70H133NO5/c1-3-5-7-9-11-13-14-40-44-48-52-56-60-64-70(75)76-65-61-57-53-49-45-42-39-37-35-33-31-29-27-25-23-21-19-17-15-16-18-20-22-24-26-28-30-32-34-36-38-41-43-47-51-55-59-63-69(74)71-67(66-72)68(73)62-58-54-50-46-12-10-8-6-4-2/h13-15,17,58,62,67-68,72-73H,3-12,16,18-57,59-61,63-66H2,1-2H3,(H,71,74)/b14-13-,17-15-,62-58+. The van der Waals surface area contributed by atoms with E-state index < -0.39 is 12.1 Å². The smallest absolute Gasteiger partial charge is 0.305 e. The minimum absolute atomic E-state index is 0.0120. The van der Waals surface area contributed by atoms with Gasteiger partial charge in [-0.05, 0) is 83.5 Å². The molecule has 0 aliphatic rings. The number of carbonyl (C=O) groups excluding carboxylic acids is 2. The number of aliphatic hydroxyl groups excluding tert-OH is 2. The van der Waals surface area contributed by atoms with Crippen molar-refractivity contribution in [1.82, 2.24) is 5.32 Å². The minimum atomic E-state index is -0.839. The van der Waals surface area contributed by atoms with Crippen molar-refractivity contribution in [3.63, 3.8) is 0 Å². The molecule has 0 aromatic heterocycles. The first-order valence-corrected chi connectivity index (χ1v) is 34.3. The van der Waals surface area contributed by atoms with Gasteiger partial charge in [0.25, 0.3) is 0 Å². The Bertz CT molecular complexity index is 1230. The highest BCUT2D eigenvalue weighted by molar-refractivity contribution is 5.76. The highest BCUT2D eigenvalue weighted by atomic mass is 16.5. The van der Waals surface area contributed by atoms with Crippen LogP contribution in [-0.4, -0.2) is 47.4 Å². The molecular weight excluding hydrogens is 935 g/mol. The zero-order chi connectivity index (χ0) is 55.0. The van der Waals surface area contributed by atoms with E-state index >= 15 is 0 Å². The molecule has 0 fully saturated rings. The summed E-state index contributed by atoms with van der Waals surface area (Å²) in [5.41, 5.74) is 0. The second kappa shape index (κ2) is 65.6. The fraction of sp³-hybridized carbons (Fsp3) is 0.886. The van der Waals surface area contributed by atoms with Crippen molar-refractivity contribution >= 4 is 11.9 Å². The van der Waals surface area contributed by atoms with Crippen LogP contribution in [0, 0.1) is 0 Å². The van der Waals surface area contributed by atoms with Gasteiger partial charge in [0.15, 0.2) is 0 Å². The number of carbonyl (C=O) groups is 2. The van der Waals surface area contributed by atoms with Crippen LogP contribution in [0.1, 0.15) is 373 Å². The van der Waals surface area contributed by atoms with Gasteiger partial charge in [-0.25, -0.2) is 0 Å². The van der Waals surface area contributed by atoms with Crippen LogP contribution >= 0.6 is 0 Å². The Kier molecular flexibility index (Phi) is 63.9. The van der Waals surface area contributed by atoms with Crippen LogP contribution in [0.4, 0.5) is 0 Å². The van der Waals surface area contributed by atoms with Gasteiger partial charge < -0.3 is 20.3 Å². The molecule has 0 saturated carbocycles. The summed E-state index contributed by atoms with van der Waals surface area (Å²) < 4.78 is 5.48. The molecule has 0 heterocycles. The molecule has 76 heavy (non-hydrogen) atoms. The molecular formula is C70H133NO5. The topological polar surface area (TPSA) is 95.9 Å². The van der Waals surface area contributed by atoms with E-state index in [0.717, 1.165) is 44.9 Å². The summed E-state index contributed by atoms with van der Waals surface area (Å²) in [4.78, 5) is 24.4. The number of rotatable bonds is 64. The lowest BCUT2D eigenvalue weighted by atomic mass is 10.0. The van der Waals surface area contributed by atoms with Gasteiger partial charge in [0.1, 0.15) is 0 Å². The van der Waals surface area contributed by atoms with Crippen molar-refractivity contribution in [3.05, 3.63) is 36.5 Å². The van der Waals surface area contributed by atoms with E-state index in [1.165, 1.54) is 302 Å². The average molecular weight is 1070 g/mol. The number of ether oxygens (including phenoxy) is 1. The first-order valence-electron chi connectivity index (χ1n) is 34.3. The normalized spacial score (nSPS) is 12.7. The number of aliphatic hydroxyl groups is 2. The van der Waals surface area contributed by atoms with Crippen LogP contribution in [0.15, 0.2) is 36.5 Å². The lowest BCUT2D eigenvalue weighted by Gasteiger charge is -2.20. The van der Waals surface area contributed by atoms with Gasteiger partial charge in [-0.1, -0.05) is 314 Å². The Morgan fingerprint density at radius 2 is 0.618 bits per heavy atom. The van der Waals surface area contributed by atoms with Gasteiger partial charge >= 0.3 is 5.97 Å². The number of amides is 1. The minimum Gasteiger partial charge on any atom is -0.466 e. The highest BCUT2D eigenvalue weighted by Crippen LogP contribution is 2.18. The van der Waals surface area contributed by atoms with Gasteiger partial charge in [0.05, 0.1) is 25.4 Å². The van der Waals surface area contributed by atoms with Crippen LogP contribution in [0.2, 0.25) is 0 Å². The maximum Gasteiger partial charge on any atom is 0.305 e. The molecule has 0 aromatic carbocycles. The van der Waals surface area contributed by atoms with Crippen LogP contribution in [-0.2, 0) is 14.3 Å². The van der Waals surface area contributed by atoms with Crippen molar-refractivity contribution in [2.75, 3.05) is 13.2 Å². The largest absolute Gasteiger partial charge is 0.466 e. The SMILES string of the molecule is CCCCCC/C=C\CCCCCCCC(=O)OCCCCCCCCCCCCCCCCCC/C=C\CCCCCCCCCCCCCCCCCCCC(=O)NC(CO)C(O)/C=C/CCCCCCCCC. The van der Waals surface area contributed by atoms with E-state index in [9.17, 15) is 19.8 Å². The number of nitrogens with one attached hydrogen (secondary N) is 1. The second-order valence-electron chi connectivity index (χ2n) is 23.5. The maximum absolute atomic E-state index is 12.4. The predicted molar refractivity (Wildman–Crippen MR) is 333 cm³/mol. The Labute approximate surface area is 474 Å². The molecule has 0 aliphatic carbocycles. The summed E-state index contributed by atoms with van der Waals surface area (Å²) in [6, 6.07) is -0.622. The van der Waals surface area contributed by atoms with Crippen molar-refractivity contribution in [3.8, 4) is 0 Å². The van der Waals surface area contributed by atoms with Crippen molar-refractivity contribution in [2.45, 2.75) is 386 Å². The summed E-state index contributed by atoms with van der Waals surface area (Å²) in [7, 11) is 0. The van der Waals surface area contributed by atoms with Gasteiger partial charge in [-0.15, -0.1) is 0 Å². The van der Waals surface area contributed by atoms with Crippen LogP contribution in [0.25, 0.3) is 0 Å². The summed E-state index contributed by atoms with van der Waals surface area (Å²) >= 11 is 0. The van der Waals surface area contributed by atoms with E-state index in [1.807, 2.05) is 6.08 Å². The van der Waals surface area contributed by atoms with E-state index in [0.29, 0.717) is 19.4 Å². The molecule has 1 amide bonds. The van der Waals surface area contributed by atoms with Gasteiger partial charge in [-0.3, -0.25) is 9.59 Å². The molecule has 6 heteroatoms. The molecule has 0 bridgehead atoms. The van der Waals surface area contributed by atoms with Crippen molar-refractivity contribution < 1.29 is 24.5 Å². The van der Waals surface area contributed by atoms with Crippen molar-refractivity contribution in [2.24, 2.45) is 0 Å². The quantitative estimate of drug-likeness (QED) is 0.0320. The highest BCUT2D eigenvalue weighted by Gasteiger charge is 2.18. The molecule has 6 nitrogen and oxygen atoms in total. The Balaban J connectivity index is 3.31. The predicted octanol–water partition coefficient (Wildman–Crippen LogP) is 21.9. The molecule has 0 aromatic rings. The summed E-state index contributed by atoms with van der Waals surface area (Å²) in [6.07, 6.45) is 83.9. The number of hydrogen-bond acceptors (Lipinski definition) is 5. The average Bonchev–Trinajstić information content (AvgIpc) is 3.42. The van der Waals surface area contributed by atoms with Crippen LogP contribution in [0.3, 0.4) is 0 Å². The lowest BCUT2D eigenvalue weighted by molar-refractivity contribution is -0.143. The summed E-state index contributed by atoms with van der Waals surface area (Å²) in [5, 5.41) is 23.0. The summed E-state index contributed by atoms with van der Waals surface area (Å²) in [6.45, 7) is 4.88. The first kappa shape index (κ1) is 74.1. The Hall–Kier alpha value is -1.92. The van der Waals surface area contributed by atoms with E-state index in [4.69, 9.17) is 4.74 Å². The first-order chi connectivity index (χ1) is 37.5. The molecule has 0 spiro atoms. The molecule has 448 valence electrons. The van der Waals surface area contributed by atoms with Gasteiger partial charge in [-0.2, -0.15) is 0 Å². The molecule has 0 saturated heterocycles. The monoisotopic (exact) mass is 1070 g/mol. The molecule has 0 radical (unpaired) electrons.